The molecule has 5 heteroatoms. The lowest BCUT2D eigenvalue weighted by Gasteiger charge is -2.12. The number of hydrogen-bond acceptors (Lipinski definition) is 3. The van der Waals surface area contributed by atoms with Gasteiger partial charge in [-0.15, -0.1) is 0 Å². The molecular formula is C15H17NO3S. The van der Waals surface area contributed by atoms with Gasteiger partial charge in [0.1, 0.15) is 0 Å². The van der Waals surface area contributed by atoms with Crippen molar-refractivity contribution in [2.75, 3.05) is 4.72 Å². The van der Waals surface area contributed by atoms with E-state index in [1.54, 1.807) is 36.4 Å². The maximum absolute atomic E-state index is 12.3. The lowest BCUT2D eigenvalue weighted by molar-refractivity contribution is 0.282. The van der Waals surface area contributed by atoms with Gasteiger partial charge in [0.15, 0.2) is 0 Å². The SMILES string of the molecule is Cc1cccc(S(=O)(=O)Nc2ccc(C)cc2CO)c1. The number of sulfonamides is 1. The monoisotopic (exact) mass is 291 g/mol. The average molecular weight is 291 g/mol. The summed E-state index contributed by atoms with van der Waals surface area (Å²) in [5.74, 6) is 0. The highest BCUT2D eigenvalue weighted by Gasteiger charge is 2.15. The van der Waals surface area contributed by atoms with Gasteiger partial charge in [-0.25, -0.2) is 8.42 Å². The Morgan fingerprint density at radius 1 is 1.05 bits per heavy atom. The predicted molar refractivity (Wildman–Crippen MR) is 79.1 cm³/mol. The van der Waals surface area contributed by atoms with E-state index < -0.39 is 10.0 Å². The first-order chi connectivity index (χ1) is 9.42. The van der Waals surface area contributed by atoms with Crippen LogP contribution in [0, 0.1) is 13.8 Å². The molecule has 0 aliphatic heterocycles. The summed E-state index contributed by atoms with van der Waals surface area (Å²) in [5, 5.41) is 9.32. The lowest BCUT2D eigenvalue weighted by Crippen LogP contribution is -2.14. The van der Waals surface area contributed by atoms with Crippen LogP contribution in [-0.4, -0.2) is 13.5 Å². The van der Waals surface area contributed by atoms with Gasteiger partial charge >= 0.3 is 0 Å². The van der Waals surface area contributed by atoms with E-state index in [0.29, 0.717) is 11.3 Å². The largest absolute Gasteiger partial charge is 0.392 e. The highest BCUT2D eigenvalue weighted by molar-refractivity contribution is 7.92. The van der Waals surface area contributed by atoms with Crippen LogP contribution in [0.4, 0.5) is 5.69 Å². The first-order valence-electron chi connectivity index (χ1n) is 6.22. The van der Waals surface area contributed by atoms with Gasteiger partial charge in [-0.1, -0.05) is 29.8 Å². The Morgan fingerprint density at radius 3 is 2.40 bits per heavy atom. The molecule has 2 N–H and O–H groups in total. The number of benzene rings is 2. The second kappa shape index (κ2) is 5.64. The van der Waals surface area contributed by atoms with Gasteiger partial charge in [-0.2, -0.15) is 0 Å². The number of aliphatic hydroxyl groups is 1. The van der Waals surface area contributed by atoms with Crippen LogP contribution in [-0.2, 0) is 16.6 Å². The molecule has 0 radical (unpaired) electrons. The van der Waals surface area contributed by atoms with Crippen LogP contribution in [0.3, 0.4) is 0 Å². The number of rotatable bonds is 4. The molecule has 0 heterocycles. The van der Waals surface area contributed by atoms with Crippen molar-refractivity contribution in [3.8, 4) is 0 Å². The van der Waals surface area contributed by atoms with Crippen molar-refractivity contribution < 1.29 is 13.5 Å². The molecule has 0 unspecified atom stereocenters. The van der Waals surface area contributed by atoms with E-state index in [1.807, 2.05) is 19.9 Å². The summed E-state index contributed by atoms with van der Waals surface area (Å²) in [6, 6.07) is 11.9. The molecule has 0 bridgehead atoms. The van der Waals surface area contributed by atoms with E-state index in [2.05, 4.69) is 4.72 Å². The number of hydrogen-bond donors (Lipinski definition) is 2. The van der Waals surface area contributed by atoms with Crippen LogP contribution in [0.15, 0.2) is 47.4 Å². The number of aliphatic hydroxyl groups excluding tert-OH is 1. The summed E-state index contributed by atoms with van der Waals surface area (Å²) >= 11 is 0. The van der Waals surface area contributed by atoms with Crippen molar-refractivity contribution in [1.82, 2.24) is 0 Å². The van der Waals surface area contributed by atoms with Gasteiger partial charge in [-0.3, -0.25) is 4.72 Å². The molecule has 0 spiro atoms. The van der Waals surface area contributed by atoms with Crippen LogP contribution in [0.1, 0.15) is 16.7 Å². The van der Waals surface area contributed by atoms with Gasteiger partial charge in [0, 0.05) is 5.56 Å². The Balaban J connectivity index is 2.38. The van der Waals surface area contributed by atoms with E-state index in [1.165, 1.54) is 0 Å². The minimum absolute atomic E-state index is 0.210. The summed E-state index contributed by atoms with van der Waals surface area (Å²) < 4.78 is 27.1. The molecule has 2 aromatic rings. The van der Waals surface area contributed by atoms with Gasteiger partial charge < -0.3 is 5.11 Å². The third-order valence-corrected chi connectivity index (χ3v) is 4.34. The maximum Gasteiger partial charge on any atom is 0.261 e. The minimum Gasteiger partial charge on any atom is -0.392 e. The van der Waals surface area contributed by atoms with Gasteiger partial charge in [0.05, 0.1) is 17.2 Å². The predicted octanol–water partition coefficient (Wildman–Crippen LogP) is 2.60. The molecule has 2 rings (SSSR count). The van der Waals surface area contributed by atoms with Crippen molar-refractivity contribution in [3.05, 3.63) is 59.2 Å². The molecular weight excluding hydrogens is 274 g/mol. The highest BCUT2D eigenvalue weighted by atomic mass is 32.2. The lowest BCUT2D eigenvalue weighted by atomic mass is 10.1. The fourth-order valence-electron chi connectivity index (χ4n) is 1.94. The van der Waals surface area contributed by atoms with Crippen LogP contribution >= 0.6 is 0 Å². The van der Waals surface area contributed by atoms with Gasteiger partial charge in [0.2, 0.25) is 0 Å². The van der Waals surface area contributed by atoms with Crippen molar-refractivity contribution in [3.63, 3.8) is 0 Å². The normalized spacial score (nSPS) is 11.3. The van der Waals surface area contributed by atoms with E-state index in [0.717, 1.165) is 11.1 Å². The Labute approximate surface area is 119 Å². The summed E-state index contributed by atoms with van der Waals surface area (Å²) in [6.07, 6.45) is 0. The Kier molecular flexibility index (Phi) is 4.11. The molecule has 0 aromatic heterocycles. The molecule has 0 saturated carbocycles. The highest BCUT2D eigenvalue weighted by Crippen LogP contribution is 2.22. The molecule has 0 saturated heterocycles. The Morgan fingerprint density at radius 2 is 1.75 bits per heavy atom. The molecule has 0 amide bonds. The van der Waals surface area contributed by atoms with Crippen LogP contribution < -0.4 is 4.72 Å². The fraction of sp³-hybridized carbons (Fsp3) is 0.200. The van der Waals surface area contributed by atoms with Gasteiger partial charge in [0.25, 0.3) is 10.0 Å². The number of anilines is 1. The quantitative estimate of drug-likeness (QED) is 0.910. The second-order valence-electron chi connectivity index (χ2n) is 4.74. The topological polar surface area (TPSA) is 66.4 Å². The van der Waals surface area contributed by atoms with E-state index >= 15 is 0 Å². The molecule has 0 aliphatic carbocycles. The molecule has 0 aliphatic rings. The zero-order valence-corrected chi connectivity index (χ0v) is 12.2. The van der Waals surface area contributed by atoms with Crippen LogP contribution in [0.2, 0.25) is 0 Å². The molecule has 0 atom stereocenters. The number of nitrogens with one attached hydrogen (secondary N) is 1. The minimum atomic E-state index is -3.64. The summed E-state index contributed by atoms with van der Waals surface area (Å²) in [4.78, 5) is 0.210. The van der Waals surface area contributed by atoms with Crippen molar-refractivity contribution in [2.24, 2.45) is 0 Å². The summed E-state index contributed by atoms with van der Waals surface area (Å²) in [6.45, 7) is 3.51. The van der Waals surface area contributed by atoms with E-state index in [4.69, 9.17) is 0 Å². The Hall–Kier alpha value is -1.85. The van der Waals surface area contributed by atoms with E-state index in [-0.39, 0.29) is 11.5 Å². The van der Waals surface area contributed by atoms with Crippen molar-refractivity contribution in [1.29, 1.82) is 0 Å². The smallest absolute Gasteiger partial charge is 0.261 e. The molecule has 4 nitrogen and oxygen atoms in total. The van der Waals surface area contributed by atoms with Gasteiger partial charge in [-0.05, 0) is 37.6 Å². The first kappa shape index (κ1) is 14.6. The molecule has 2 aromatic carbocycles. The zero-order chi connectivity index (χ0) is 14.8. The third-order valence-electron chi connectivity index (χ3n) is 2.98. The summed E-state index contributed by atoms with van der Waals surface area (Å²) in [5.41, 5.74) is 2.80. The molecule has 20 heavy (non-hydrogen) atoms. The van der Waals surface area contributed by atoms with Crippen molar-refractivity contribution in [2.45, 2.75) is 25.3 Å². The first-order valence-corrected chi connectivity index (χ1v) is 7.70. The standard InChI is InChI=1S/C15H17NO3S/c1-11-4-3-5-14(9-11)20(18,19)16-15-7-6-12(2)8-13(15)10-17/h3-9,16-17H,10H2,1-2H3. The summed E-state index contributed by atoms with van der Waals surface area (Å²) in [7, 11) is -3.64. The molecule has 106 valence electrons. The second-order valence-corrected chi connectivity index (χ2v) is 6.42. The Bertz CT molecular complexity index is 724. The number of aryl methyl sites for hydroxylation is 2. The van der Waals surface area contributed by atoms with Crippen molar-refractivity contribution >= 4 is 15.7 Å². The van der Waals surface area contributed by atoms with Crippen LogP contribution in [0.25, 0.3) is 0 Å². The van der Waals surface area contributed by atoms with E-state index in [9.17, 15) is 13.5 Å². The zero-order valence-electron chi connectivity index (χ0n) is 11.4. The maximum atomic E-state index is 12.3. The van der Waals surface area contributed by atoms with Crippen LogP contribution in [0.5, 0.6) is 0 Å². The fourth-order valence-corrected chi connectivity index (χ4v) is 3.14. The molecule has 0 fully saturated rings. The third kappa shape index (κ3) is 3.18. The average Bonchev–Trinajstić information content (AvgIpc) is 2.40.